The van der Waals surface area contributed by atoms with Crippen LogP contribution in [0.25, 0.3) is 0 Å². The Kier molecular flexibility index (Phi) is 4.31. The summed E-state index contributed by atoms with van der Waals surface area (Å²) >= 11 is 0. The van der Waals surface area contributed by atoms with Gasteiger partial charge in [0.15, 0.2) is 0 Å². The van der Waals surface area contributed by atoms with Crippen LogP contribution in [0.5, 0.6) is 0 Å². The summed E-state index contributed by atoms with van der Waals surface area (Å²) in [4.78, 5) is 14.5. The Morgan fingerprint density at radius 2 is 2.32 bits per heavy atom. The van der Waals surface area contributed by atoms with Crippen molar-refractivity contribution in [1.29, 1.82) is 0 Å². The van der Waals surface area contributed by atoms with Gasteiger partial charge < -0.3 is 10.6 Å². The number of piperidine rings is 1. The number of anilines is 1. The fraction of sp³-hybridized carbons (Fsp3) is 0.615. The predicted octanol–water partition coefficient (Wildman–Crippen LogP) is -0.0768. The minimum absolute atomic E-state index is 0.0177. The molecule has 0 spiro atoms. The summed E-state index contributed by atoms with van der Waals surface area (Å²) in [5.74, 6) is 0.183. The third kappa shape index (κ3) is 3.23. The van der Waals surface area contributed by atoms with Gasteiger partial charge in [0.1, 0.15) is 6.54 Å². The molecule has 0 saturated carbocycles. The van der Waals surface area contributed by atoms with Crippen molar-refractivity contribution in [3.05, 3.63) is 18.5 Å². The summed E-state index contributed by atoms with van der Waals surface area (Å²) in [6.45, 7) is 1.69. The van der Waals surface area contributed by atoms with Crippen LogP contribution in [0.15, 0.2) is 18.5 Å². The topological polar surface area (TPSA) is 108 Å². The first-order chi connectivity index (χ1) is 10.7. The summed E-state index contributed by atoms with van der Waals surface area (Å²) in [5, 5.41) is 15.0. The van der Waals surface area contributed by atoms with Gasteiger partial charge in [0.25, 0.3) is 0 Å². The molecule has 2 N–H and O–H groups in total. The van der Waals surface area contributed by atoms with E-state index >= 15 is 0 Å². The Morgan fingerprint density at radius 1 is 1.41 bits per heavy atom. The molecule has 1 atom stereocenters. The van der Waals surface area contributed by atoms with Crippen LogP contribution < -0.4 is 5.73 Å². The van der Waals surface area contributed by atoms with E-state index in [0.29, 0.717) is 0 Å². The second kappa shape index (κ2) is 6.54. The number of rotatable bonds is 5. The smallest absolute Gasteiger partial charge is 0.244 e. The van der Waals surface area contributed by atoms with Crippen LogP contribution in [-0.2, 0) is 17.9 Å². The maximum atomic E-state index is 12.5. The first-order valence-corrected chi connectivity index (χ1v) is 7.52. The summed E-state index contributed by atoms with van der Waals surface area (Å²) < 4.78 is 3.23. The zero-order chi connectivity index (χ0) is 15.4. The van der Waals surface area contributed by atoms with Crippen LogP contribution in [-0.4, -0.2) is 53.4 Å². The molecule has 1 aliphatic heterocycles. The Balaban J connectivity index is 1.61. The Hall–Kier alpha value is -2.45. The highest BCUT2D eigenvalue weighted by molar-refractivity contribution is 5.76. The van der Waals surface area contributed by atoms with Gasteiger partial charge in [-0.25, -0.2) is 4.68 Å². The number of tetrazole rings is 1. The van der Waals surface area contributed by atoms with Crippen LogP contribution in [0.3, 0.4) is 0 Å². The largest absolute Gasteiger partial charge is 0.367 e. The lowest BCUT2D eigenvalue weighted by Gasteiger charge is -2.35. The maximum Gasteiger partial charge on any atom is 0.244 e. The van der Waals surface area contributed by atoms with Crippen LogP contribution >= 0.6 is 0 Å². The van der Waals surface area contributed by atoms with Gasteiger partial charge in [-0.15, -0.1) is 0 Å². The number of nitrogens with two attached hydrogens (primary N) is 1. The number of aromatic nitrogens is 6. The van der Waals surface area contributed by atoms with E-state index in [1.807, 2.05) is 21.8 Å². The van der Waals surface area contributed by atoms with Crippen LogP contribution in [0.4, 0.5) is 5.95 Å². The van der Waals surface area contributed by atoms with Gasteiger partial charge in [0, 0.05) is 31.5 Å². The van der Waals surface area contributed by atoms with Crippen molar-refractivity contribution < 1.29 is 4.79 Å². The predicted molar refractivity (Wildman–Crippen MR) is 78.4 cm³/mol. The van der Waals surface area contributed by atoms with Crippen molar-refractivity contribution in [3.8, 4) is 0 Å². The molecule has 9 nitrogen and oxygen atoms in total. The highest BCUT2D eigenvalue weighted by Crippen LogP contribution is 2.20. The minimum Gasteiger partial charge on any atom is -0.367 e. The van der Waals surface area contributed by atoms with Crippen molar-refractivity contribution in [2.45, 2.75) is 44.8 Å². The Morgan fingerprint density at radius 3 is 3.05 bits per heavy atom. The molecule has 118 valence electrons. The Bertz CT molecular complexity index is 607. The molecule has 22 heavy (non-hydrogen) atoms. The van der Waals surface area contributed by atoms with E-state index in [-0.39, 0.29) is 24.4 Å². The molecule has 2 aromatic rings. The summed E-state index contributed by atoms with van der Waals surface area (Å²) in [6.07, 6.45) is 7.83. The fourth-order valence-electron chi connectivity index (χ4n) is 2.89. The maximum absolute atomic E-state index is 12.5. The lowest BCUT2D eigenvalue weighted by Crippen LogP contribution is -2.45. The Labute approximate surface area is 128 Å². The molecule has 1 aliphatic rings. The van der Waals surface area contributed by atoms with Crippen LogP contribution in [0.1, 0.15) is 25.7 Å². The van der Waals surface area contributed by atoms with Gasteiger partial charge in [-0.3, -0.25) is 9.48 Å². The normalized spacial score (nSPS) is 18.5. The highest BCUT2D eigenvalue weighted by Gasteiger charge is 2.27. The van der Waals surface area contributed by atoms with E-state index in [2.05, 4.69) is 20.6 Å². The molecule has 1 fully saturated rings. The zero-order valence-corrected chi connectivity index (χ0v) is 12.4. The number of carbonyl (C=O) groups excluding carboxylic acids is 1. The molecule has 1 unspecified atom stereocenters. The molecule has 0 radical (unpaired) electrons. The second-order valence-corrected chi connectivity index (χ2v) is 5.49. The molecule has 0 aromatic carbocycles. The van der Waals surface area contributed by atoms with Crippen molar-refractivity contribution in [2.75, 3.05) is 12.3 Å². The number of hydrogen-bond donors (Lipinski definition) is 1. The molecule has 3 heterocycles. The fourth-order valence-corrected chi connectivity index (χ4v) is 2.89. The van der Waals surface area contributed by atoms with E-state index in [9.17, 15) is 4.79 Å². The molecule has 9 heteroatoms. The van der Waals surface area contributed by atoms with Crippen molar-refractivity contribution in [1.82, 2.24) is 34.9 Å². The molecule has 1 saturated heterocycles. The first kappa shape index (κ1) is 14.5. The van der Waals surface area contributed by atoms with Gasteiger partial charge >= 0.3 is 0 Å². The van der Waals surface area contributed by atoms with Gasteiger partial charge in [0.05, 0.1) is 0 Å². The second-order valence-electron chi connectivity index (χ2n) is 5.49. The van der Waals surface area contributed by atoms with E-state index in [1.165, 1.54) is 4.68 Å². The molecular weight excluding hydrogens is 284 g/mol. The zero-order valence-electron chi connectivity index (χ0n) is 12.4. The lowest BCUT2D eigenvalue weighted by molar-refractivity contribution is -0.136. The minimum atomic E-state index is 0.0177. The van der Waals surface area contributed by atoms with Crippen molar-refractivity contribution >= 4 is 11.9 Å². The molecule has 2 aromatic heterocycles. The lowest BCUT2D eigenvalue weighted by atomic mass is 9.99. The van der Waals surface area contributed by atoms with Gasteiger partial charge in [-0.1, -0.05) is 5.10 Å². The SMILES string of the molecule is Nc1nnnn1CC(=O)N1CCCCC1CCn1cccn1. The number of carbonyl (C=O) groups is 1. The van der Waals surface area contributed by atoms with Crippen molar-refractivity contribution in [3.63, 3.8) is 0 Å². The van der Waals surface area contributed by atoms with Gasteiger partial charge in [0.2, 0.25) is 11.9 Å². The average molecular weight is 304 g/mol. The molecule has 0 bridgehead atoms. The van der Waals surface area contributed by atoms with Crippen molar-refractivity contribution in [2.24, 2.45) is 0 Å². The molecule has 1 amide bonds. The number of aryl methyl sites for hydroxylation is 1. The number of hydrogen-bond acceptors (Lipinski definition) is 6. The number of nitrogens with zero attached hydrogens (tertiary/aromatic N) is 7. The van der Waals surface area contributed by atoms with Crippen LogP contribution in [0, 0.1) is 0 Å². The third-order valence-corrected chi connectivity index (χ3v) is 4.04. The van der Waals surface area contributed by atoms with E-state index in [0.717, 1.165) is 38.8 Å². The first-order valence-electron chi connectivity index (χ1n) is 7.52. The molecule has 0 aliphatic carbocycles. The molecular formula is C13H20N8O. The average Bonchev–Trinajstić information content (AvgIpc) is 3.18. The standard InChI is InChI=1S/C13H20N8O/c14-13-16-17-18-21(13)10-12(22)20-8-2-1-4-11(20)5-9-19-7-3-6-15-19/h3,6-7,11H,1-2,4-5,8-10H2,(H2,14,16,18). The quantitative estimate of drug-likeness (QED) is 0.828. The number of nitrogen functional groups attached to an aromatic ring is 1. The monoisotopic (exact) mass is 304 g/mol. The van der Waals surface area contributed by atoms with Gasteiger partial charge in [-0.05, 0) is 42.2 Å². The van der Waals surface area contributed by atoms with Crippen LogP contribution in [0.2, 0.25) is 0 Å². The summed E-state index contributed by atoms with van der Waals surface area (Å²) in [5.41, 5.74) is 5.62. The van der Waals surface area contributed by atoms with E-state index in [1.54, 1.807) is 6.20 Å². The third-order valence-electron chi connectivity index (χ3n) is 4.04. The summed E-state index contributed by atoms with van der Waals surface area (Å²) in [6, 6.07) is 2.15. The van der Waals surface area contributed by atoms with Gasteiger partial charge in [-0.2, -0.15) is 5.10 Å². The number of likely N-dealkylation sites (tertiary alicyclic amines) is 1. The van der Waals surface area contributed by atoms with E-state index in [4.69, 9.17) is 5.73 Å². The highest BCUT2D eigenvalue weighted by atomic mass is 16.2. The van der Waals surface area contributed by atoms with E-state index < -0.39 is 0 Å². The number of amides is 1. The summed E-state index contributed by atoms with van der Waals surface area (Å²) in [7, 11) is 0. The molecule has 3 rings (SSSR count).